The molecule has 0 radical (unpaired) electrons. The maximum absolute atomic E-state index is 12.9. The van der Waals surface area contributed by atoms with Crippen molar-refractivity contribution in [2.24, 2.45) is 0 Å². The molecule has 35 heavy (non-hydrogen) atoms. The minimum atomic E-state index is -3.69. The number of likely N-dealkylation sites (N-methyl/N-ethyl adjacent to an activating group) is 2. The molecule has 0 aliphatic carbocycles. The first-order chi connectivity index (χ1) is 16.5. The molecule has 1 heterocycles. The highest BCUT2D eigenvalue weighted by Gasteiger charge is 2.21. The van der Waals surface area contributed by atoms with Gasteiger partial charge in [-0.05, 0) is 60.2 Å². The minimum Gasteiger partial charge on any atom is -0.312 e. The maximum Gasteiger partial charge on any atom is 0.250 e. The molecule has 3 aromatic rings. The van der Waals surface area contributed by atoms with Crippen molar-refractivity contribution in [2.75, 3.05) is 31.8 Å². The molecule has 184 valence electrons. The summed E-state index contributed by atoms with van der Waals surface area (Å²) < 4.78 is 50.2. The highest BCUT2D eigenvalue weighted by atomic mass is 32.2. The van der Waals surface area contributed by atoms with Crippen LogP contribution in [-0.2, 0) is 31.1 Å². The van der Waals surface area contributed by atoms with Crippen LogP contribution in [0.5, 0.6) is 0 Å². The van der Waals surface area contributed by atoms with Crippen LogP contribution in [0.3, 0.4) is 0 Å². The Balaban J connectivity index is 1.64. The van der Waals surface area contributed by atoms with E-state index in [1.165, 1.54) is 46.6 Å². The second-order valence-electron chi connectivity index (χ2n) is 7.96. The molecule has 8 nitrogen and oxygen atoms in total. The van der Waals surface area contributed by atoms with E-state index in [9.17, 15) is 21.6 Å². The van der Waals surface area contributed by atoms with Gasteiger partial charge in [-0.3, -0.25) is 9.78 Å². The first-order valence-corrected chi connectivity index (χ1v) is 14.0. The molecule has 0 fully saturated rings. The maximum atomic E-state index is 12.9. The van der Waals surface area contributed by atoms with E-state index in [1.807, 2.05) is 12.1 Å². The number of rotatable bonds is 9. The van der Waals surface area contributed by atoms with Crippen LogP contribution in [0.15, 0.2) is 88.8 Å². The molecule has 0 atom stereocenters. The number of aromatic nitrogens is 1. The Kier molecular flexibility index (Phi) is 8.21. The standard InChI is InChI=1S/C25H27N3O5S2/c1-27(19-17-21-6-4-5-18-26-21)35(32,33)24-14-10-22(11-15-24)28(2)25(29)16-9-20-7-12-23(13-8-20)34(3,30)31/h4-16,18H,17,19H2,1-3H3/b16-9+. The molecule has 0 saturated heterocycles. The zero-order valence-electron chi connectivity index (χ0n) is 19.7. The highest BCUT2D eigenvalue weighted by Crippen LogP contribution is 2.20. The quantitative estimate of drug-likeness (QED) is 0.408. The summed E-state index contributed by atoms with van der Waals surface area (Å²) in [4.78, 5) is 18.5. The lowest BCUT2D eigenvalue weighted by atomic mass is 10.2. The number of hydrogen-bond acceptors (Lipinski definition) is 6. The summed E-state index contributed by atoms with van der Waals surface area (Å²) in [6.45, 7) is 0.287. The van der Waals surface area contributed by atoms with E-state index in [-0.39, 0.29) is 22.2 Å². The Morgan fingerprint density at radius 1 is 0.886 bits per heavy atom. The van der Waals surface area contributed by atoms with Crippen LogP contribution >= 0.6 is 0 Å². The first-order valence-electron chi connectivity index (χ1n) is 10.7. The Bertz CT molecular complexity index is 1400. The van der Waals surface area contributed by atoms with Crippen LogP contribution in [0, 0.1) is 0 Å². The van der Waals surface area contributed by atoms with Crippen LogP contribution < -0.4 is 4.90 Å². The fourth-order valence-corrected chi connectivity index (χ4v) is 4.99. The van der Waals surface area contributed by atoms with Crippen molar-refractivity contribution in [1.29, 1.82) is 0 Å². The normalized spacial score (nSPS) is 12.2. The van der Waals surface area contributed by atoms with Crippen molar-refractivity contribution in [3.8, 4) is 0 Å². The molecule has 2 aromatic carbocycles. The van der Waals surface area contributed by atoms with Gasteiger partial charge in [0.15, 0.2) is 9.84 Å². The number of carbonyl (C=O) groups excluding carboxylic acids is 1. The third-order valence-corrected chi connectivity index (χ3v) is 8.40. The molecular formula is C25H27N3O5S2. The number of nitrogens with zero attached hydrogens (tertiary/aromatic N) is 3. The molecule has 0 aliphatic rings. The van der Waals surface area contributed by atoms with Gasteiger partial charge in [-0.25, -0.2) is 21.1 Å². The van der Waals surface area contributed by atoms with Crippen LogP contribution in [0.4, 0.5) is 5.69 Å². The Morgan fingerprint density at radius 3 is 2.09 bits per heavy atom. The Hall–Kier alpha value is -3.34. The van der Waals surface area contributed by atoms with Gasteiger partial charge in [-0.1, -0.05) is 18.2 Å². The Labute approximate surface area is 206 Å². The van der Waals surface area contributed by atoms with E-state index in [2.05, 4.69) is 4.98 Å². The van der Waals surface area contributed by atoms with Gasteiger partial charge in [0.2, 0.25) is 10.0 Å². The lowest BCUT2D eigenvalue weighted by Gasteiger charge is -2.19. The van der Waals surface area contributed by atoms with E-state index < -0.39 is 19.9 Å². The van der Waals surface area contributed by atoms with Gasteiger partial charge in [0.25, 0.3) is 5.91 Å². The number of amides is 1. The van der Waals surface area contributed by atoms with Crippen LogP contribution in [-0.4, -0.2) is 58.9 Å². The molecule has 3 rings (SSSR count). The van der Waals surface area contributed by atoms with Gasteiger partial charge >= 0.3 is 0 Å². The largest absolute Gasteiger partial charge is 0.312 e. The number of benzene rings is 2. The molecule has 0 spiro atoms. The average Bonchev–Trinajstić information content (AvgIpc) is 2.85. The molecule has 1 aromatic heterocycles. The van der Waals surface area contributed by atoms with E-state index in [4.69, 9.17) is 0 Å². The highest BCUT2D eigenvalue weighted by molar-refractivity contribution is 7.90. The van der Waals surface area contributed by atoms with Crippen molar-refractivity contribution >= 4 is 37.5 Å². The molecular weight excluding hydrogens is 486 g/mol. The SMILES string of the molecule is CN(C(=O)/C=C/c1ccc(S(C)(=O)=O)cc1)c1ccc(S(=O)(=O)N(C)CCc2ccccn2)cc1. The molecule has 0 N–H and O–H groups in total. The van der Waals surface area contributed by atoms with Gasteiger partial charge in [0.1, 0.15) is 0 Å². The van der Waals surface area contributed by atoms with Gasteiger partial charge in [-0.15, -0.1) is 0 Å². The second kappa shape index (κ2) is 10.9. The summed E-state index contributed by atoms with van der Waals surface area (Å²) in [5, 5.41) is 0. The van der Waals surface area contributed by atoms with Crippen molar-refractivity contribution < 1.29 is 21.6 Å². The van der Waals surface area contributed by atoms with Gasteiger partial charge in [0, 0.05) is 57.0 Å². The van der Waals surface area contributed by atoms with Crippen molar-refractivity contribution in [3.05, 3.63) is 90.3 Å². The number of hydrogen-bond donors (Lipinski definition) is 0. The predicted molar refractivity (Wildman–Crippen MR) is 136 cm³/mol. The van der Waals surface area contributed by atoms with Crippen LogP contribution in [0.2, 0.25) is 0 Å². The third kappa shape index (κ3) is 6.84. The number of sulfonamides is 1. The first kappa shape index (κ1) is 26.3. The lowest BCUT2D eigenvalue weighted by molar-refractivity contribution is -0.113. The summed E-state index contributed by atoms with van der Waals surface area (Å²) in [5.41, 5.74) is 2.01. The van der Waals surface area contributed by atoms with Crippen LogP contribution in [0.1, 0.15) is 11.3 Å². The van der Waals surface area contributed by atoms with Crippen molar-refractivity contribution in [3.63, 3.8) is 0 Å². The monoisotopic (exact) mass is 513 g/mol. The molecule has 0 saturated carbocycles. The zero-order chi connectivity index (χ0) is 25.6. The molecule has 0 aliphatic heterocycles. The number of pyridine rings is 1. The van der Waals surface area contributed by atoms with Gasteiger partial charge in [0.05, 0.1) is 9.79 Å². The lowest BCUT2D eigenvalue weighted by Crippen LogP contribution is -2.29. The number of sulfone groups is 1. The van der Waals surface area contributed by atoms with Gasteiger partial charge in [-0.2, -0.15) is 0 Å². The fourth-order valence-electron chi connectivity index (χ4n) is 3.19. The smallest absolute Gasteiger partial charge is 0.250 e. The van der Waals surface area contributed by atoms with Crippen LogP contribution in [0.25, 0.3) is 6.08 Å². The van der Waals surface area contributed by atoms with E-state index in [0.29, 0.717) is 17.7 Å². The average molecular weight is 514 g/mol. The summed E-state index contributed by atoms with van der Waals surface area (Å²) in [7, 11) is -3.86. The molecule has 10 heteroatoms. The molecule has 1 amide bonds. The van der Waals surface area contributed by atoms with Crippen molar-refractivity contribution in [2.45, 2.75) is 16.2 Å². The summed E-state index contributed by atoms with van der Waals surface area (Å²) in [6, 6.07) is 17.8. The van der Waals surface area contributed by atoms with E-state index in [1.54, 1.807) is 49.7 Å². The number of anilines is 1. The zero-order valence-corrected chi connectivity index (χ0v) is 21.3. The summed E-state index contributed by atoms with van der Waals surface area (Å²) in [5.74, 6) is -0.319. The summed E-state index contributed by atoms with van der Waals surface area (Å²) in [6.07, 6.45) is 6.25. The fraction of sp³-hybridized carbons (Fsp3) is 0.200. The van der Waals surface area contributed by atoms with Gasteiger partial charge < -0.3 is 4.90 Å². The topological polar surface area (TPSA) is 105 Å². The number of carbonyl (C=O) groups is 1. The van der Waals surface area contributed by atoms with E-state index in [0.717, 1.165) is 11.9 Å². The van der Waals surface area contributed by atoms with E-state index >= 15 is 0 Å². The van der Waals surface area contributed by atoms with Crippen molar-refractivity contribution in [1.82, 2.24) is 9.29 Å². The predicted octanol–water partition coefficient (Wildman–Crippen LogP) is 3.02. The molecule has 0 bridgehead atoms. The molecule has 0 unspecified atom stereocenters. The second-order valence-corrected chi connectivity index (χ2v) is 12.0. The Morgan fingerprint density at radius 2 is 1.51 bits per heavy atom. The summed E-state index contributed by atoms with van der Waals surface area (Å²) >= 11 is 0. The third-order valence-electron chi connectivity index (χ3n) is 5.40. The minimum absolute atomic E-state index is 0.132.